The summed E-state index contributed by atoms with van der Waals surface area (Å²) in [5, 5.41) is 30.8. The summed E-state index contributed by atoms with van der Waals surface area (Å²) >= 11 is 4.49. The van der Waals surface area contributed by atoms with Gasteiger partial charge in [-0.2, -0.15) is 0 Å². The Bertz CT molecular complexity index is 1490. The van der Waals surface area contributed by atoms with E-state index in [0.717, 1.165) is 38.9 Å². The Morgan fingerprint density at radius 2 is 0.800 bits per heavy atom. The predicted molar refractivity (Wildman–Crippen MR) is 169 cm³/mol. The lowest BCUT2D eigenvalue weighted by Crippen LogP contribution is -2.27. The lowest BCUT2D eigenvalue weighted by Gasteiger charge is -2.35. The van der Waals surface area contributed by atoms with Gasteiger partial charge in [-0.05, 0) is 89.0 Å². The molecule has 4 aromatic carbocycles. The first kappa shape index (κ1) is 29.6. The maximum Gasteiger partial charge on any atom is 0.128 e. The minimum atomic E-state index is -0.381. The van der Waals surface area contributed by atoms with Crippen LogP contribution in [0.4, 0.5) is 0 Å². The Labute approximate surface area is 245 Å². The molecule has 0 heterocycles. The molecule has 4 rings (SSSR count). The maximum atomic E-state index is 10.5. The molecule has 0 aliphatic heterocycles. The molecular formula is C36H42O3S. The van der Waals surface area contributed by atoms with Crippen molar-refractivity contribution in [3.63, 3.8) is 0 Å². The minimum absolute atomic E-state index is 0.167. The van der Waals surface area contributed by atoms with Gasteiger partial charge in [-0.15, -0.1) is 12.6 Å². The highest BCUT2D eigenvalue weighted by Crippen LogP contribution is 2.43. The van der Waals surface area contributed by atoms with Crippen molar-refractivity contribution in [1.29, 1.82) is 0 Å². The fourth-order valence-electron chi connectivity index (χ4n) is 5.48. The highest BCUT2D eigenvalue weighted by atomic mass is 32.1. The molecule has 0 aliphatic carbocycles. The minimum Gasteiger partial charge on any atom is -0.508 e. The van der Waals surface area contributed by atoms with Crippen LogP contribution in [-0.4, -0.2) is 15.3 Å². The molecule has 40 heavy (non-hydrogen) atoms. The van der Waals surface area contributed by atoms with Crippen LogP contribution in [0.15, 0.2) is 71.6 Å². The lowest BCUT2D eigenvalue weighted by atomic mass is 9.69. The fraction of sp³-hybridized carbons (Fsp3) is 0.333. The van der Waals surface area contributed by atoms with Crippen molar-refractivity contribution in [1.82, 2.24) is 0 Å². The van der Waals surface area contributed by atoms with Gasteiger partial charge < -0.3 is 15.3 Å². The second-order valence-corrected chi connectivity index (χ2v) is 13.3. The van der Waals surface area contributed by atoms with Crippen molar-refractivity contribution in [2.45, 2.75) is 83.5 Å². The van der Waals surface area contributed by atoms with E-state index in [1.165, 1.54) is 11.1 Å². The number of phenolic OH excluding ortho intramolecular Hbond substituents is 3. The molecule has 0 aromatic heterocycles. The van der Waals surface area contributed by atoms with Crippen LogP contribution in [0.1, 0.15) is 91.6 Å². The van der Waals surface area contributed by atoms with Crippen LogP contribution in [0.2, 0.25) is 0 Å². The van der Waals surface area contributed by atoms with Crippen LogP contribution in [0.3, 0.4) is 0 Å². The largest absolute Gasteiger partial charge is 0.508 e. The zero-order chi connectivity index (χ0) is 29.8. The number of aromatic hydroxyl groups is 3. The van der Waals surface area contributed by atoms with E-state index < -0.39 is 0 Å². The third-order valence-corrected chi connectivity index (χ3v) is 9.28. The zero-order valence-electron chi connectivity index (χ0n) is 25.1. The van der Waals surface area contributed by atoms with E-state index in [2.05, 4.69) is 90.6 Å². The molecule has 0 bridgehead atoms. The van der Waals surface area contributed by atoms with Gasteiger partial charge in [-0.3, -0.25) is 0 Å². The number of hydrogen-bond donors (Lipinski definition) is 4. The van der Waals surface area contributed by atoms with E-state index in [0.29, 0.717) is 16.4 Å². The first-order valence-electron chi connectivity index (χ1n) is 13.8. The van der Waals surface area contributed by atoms with Crippen LogP contribution in [0.25, 0.3) is 0 Å². The van der Waals surface area contributed by atoms with Crippen LogP contribution >= 0.6 is 12.6 Å². The van der Waals surface area contributed by atoms with E-state index in [9.17, 15) is 15.3 Å². The standard InChI is InChI=1S/C36H42O3S/c1-21-14-24(10-12-30(21)37)34(4,5)27-17-28(35(6,7)25-11-13-31(38)32(40)20-25)19-29(18-27)36(8,9)26-15-22(2)33(39)23(3)16-26/h10-20,37-40H,1-9H3. The van der Waals surface area contributed by atoms with Gasteiger partial charge in [0.2, 0.25) is 0 Å². The van der Waals surface area contributed by atoms with Gasteiger partial charge in [-0.1, -0.05) is 90.1 Å². The molecule has 4 heteroatoms. The Kier molecular flexibility index (Phi) is 7.57. The van der Waals surface area contributed by atoms with Gasteiger partial charge >= 0.3 is 0 Å². The molecule has 0 amide bonds. The first-order valence-corrected chi connectivity index (χ1v) is 14.2. The molecule has 210 valence electrons. The summed E-state index contributed by atoms with van der Waals surface area (Å²) < 4.78 is 0. The highest BCUT2D eigenvalue weighted by Gasteiger charge is 2.33. The number of hydrogen-bond acceptors (Lipinski definition) is 4. The fourth-order valence-corrected chi connectivity index (χ4v) is 5.70. The zero-order valence-corrected chi connectivity index (χ0v) is 26.0. The monoisotopic (exact) mass is 554 g/mol. The normalized spacial score (nSPS) is 12.6. The number of benzene rings is 4. The van der Waals surface area contributed by atoms with Crippen LogP contribution < -0.4 is 0 Å². The Hall–Kier alpha value is -3.37. The van der Waals surface area contributed by atoms with E-state index >= 15 is 0 Å². The van der Waals surface area contributed by atoms with E-state index in [1.807, 2.05) is 39.0 Å². The molecule has 3 N–H and O–H groups in total. The summed E-state index contributed by atoms with van der Waals surface area (Å²) in [6.45, 7) is 19.1. The van der Waals surface area contributed by atoms with Crippen LogP contribution in [0.5, 0.6) is 17.2 Å². The molecule has 0 saturated heterocycles. The lowest BCUT2D eigenvalue weighted by molar-refractivity contribution is 0.461. The topological polar surface area (TPSA) is 60.7 Å². The van der Waals surface area contributed by atoms with Gasteiger partial charge in [0.25, 0.3) is 0 Å². The molecule has 4 aromatic rings. The summed E-state index contributed by atoms with van der Waals surface area (Å²) in [7, 11) is 0. The Balaban J connectivity index is 1.99. The molecule has 0 radical (unpaired) electrons. The average molecular weight is 555 g/mol. The van der Waals surface area contributed by atoms with Gasteiger partial charge in [0.15, 0.2) is 0 Å². The summed E-state index contributed by atoms with van der Waals surface area (Å²) in [5.41, 5.74) is 8.32. The van der Waals surface area contributed by atoms with Crippen molar-refractivity contribution >= 4 is 12.6 Å². The van der Waals surface area contributed by atoms with E-state index in [1.54, 1.807) is 12.1 Å². The molecule has 3 nitrogen and oxygen atoms in total. The molecule has 0 spiro atoms. The van der Waals surface area contributed by atoms with Crippen molar-refractivity contribution in [3.8, 4) is 17.2 Å². The number of aryl methyl sites for hydroxylation is 3. The predicted octanol–water partition coefficient (Wildman–Crippen LogP) is 9.00. The van der Waals surface area contributed by atoms with E-state index in [4.69, 9.17) is 0 Å². The summed E-state index contributed by atoms with van der Waals surface area (Å²) in [6, 6.07) is 22.5. The van der Waals surface area contributed by atoms with Gasteiger partial charge in [0, 0.05) is 21.1 Å². The first-order chi connectivity index (χ1) is 18.5. The van der Waals surface area contributed by atoms with Gasteiger partial charge in [-0.25, -0.2) is 0 Å². The summed E-state index contributed by atoms with van der Waals surface area (Å²) in [4.78, 5) is 0.553. The number of thiol groups is 1. The van der Waals surface area contributed by atoms with Crippen molar-refractivity contribution in [2.24, 2.45) is 0 Å². The second-order valence-electron chi connectivity index (χ2n) is 12.8. The maximum absolute atomic E-state index is 10.5. The summed E-state index contributed by atoms with van der Waals surface area (Å²) in [6.07, 6.45) is 0. The van der Waals surface area contributed by atoms with Crippen molar-refractivity contribution in [2.75, 3.05) is 0 Å². The molecule has 0 saturated carbocycles. The molecule has 0 aliphatic rings. The Morgan fingerprint density at radius 3 is 1.23 bits per heavy atom. The van der Waals surface area contributed by atoms with Gasteiger partial charge in [0.1, 0.15) is 17.2 Å². The molecule has 0 fully saturated rings. The number of phenols is 3. The molecule has 0 atom stereocenters. The van der Waals surface area contributed by atoms with Crippen molar-refractivity contribution in [3.05, 3.63) is 117 Å². The highest BCUT2D eigenvalue weighted by molar-refractivity contribution is 7.80. The van der Waals surface area contributed by atoms with Gasteiger partial charge in [0.05, 0.1) is 0 Å². The summed E-state index contributed by atoms with van der Waals surface area (Å²) in [5.74, 6) is 0.804. The number of rotatable bonds is 6. The molecule has 0 unspecified atom stereocenters. The van der Waals surface area contributed by atoms with E-state index in [-0.39, 0.29) is 22.0 Å². The van der Waals surface area contributed by atoms with Crippen molar-refractivity contribution < 1.29 is 15.3 Å². The smallest absolute Gasteiger partial charge is 0.128 e. The quantitative estimate of drug-likeness (QED) is 0.180. The SMILES string of the molecule is Cc1cc(C(C)(C)c2cc(C(C)(C)c3cc(C)c(O)c(C)c3)cc(C(C)(C)c3ccc(O)c(S)c3)c2)ccc1O. The average Bonchev–Trinajstić information content (AvgIpc) is 2.89. The second kappa shape index (κ2) is 10.2. The molecular weight excluding hydrogens is 512 g/mol. The Morgan fingerprint density at radius 1 is 0.450 bits per heavy atom. The third-order valence-electron chi connectivity index (χ3n) is 8.93. The third kappa shape index (κ3) is 5.22. The van der Waals surface area contributed by atoms with Crippen LogP contribution in [-0.2, 0) is 16.2 Å². The van der Waals surface area contributed by atoms with Crippen LogP contribution in [0, 0.1) is 20.8 Å².